The molecule has 1 saturated carbocycles. The molecule has 0 aromatic carbocycles. The van der Waals surface area contributed by atoms with Crippen LogP contribution in [0.4, 0.5) is 0 Å². The highest BCUT2D eigenvalue weighted by Crippen LogP contribution is 2.38. The lowest BCUT2D eigenvalue weighted by atomic mass is 9.72. The maximum absolute atomic E-state index is 12.6. The second-order valence-electron chi connectivity index (χ2n) is 6.20. The first-order valence-corrected chi connectivity index (χ1v) is 9.09. The second kappa shape index (κ2) is 6.98. The van der Waals surface area contributed by atoms with Crippen molar-refractivity contribution in [1.29, 1.82) is 0 Å². The van der Waals surface area contributed by atoms with Crippen molar-refractivity contribution >= 4 is 17.7 Å². The number of piperidine rings is 1. The SMILES string of the molecule is CSCC[C@@H](N)C(=O)N1CCC(C)C2CCCCC21. The van der Waals surface area contributed by atoms with Crippen LogP contribution in [0.3, 0.4) is 0 Å². The molecule has 3 unspecified atom stereocenters. The molecule has 1 aliphatic heterocycles. The Morgan fingerprint density at radius 2 is 2.11 bits per heavy atom. The number of hydrogen-bond acceptors (Lipinski definition) is 3. The Bertz CT molecular complexity index is 311. The van der Waals surface area contributed by atoms with Gasteiger partial charge < -0.3 is 10.6 Å². The van der Waals surface area contributed by atoms with Crippen LogP contribution in [0.15, 0.2) is 0 Å². The summed E-state index contributed by atoms with van der Waals surface area (Å²) in [6.45, 7) is 3.28. The first-order valence-electron chi connectivity index (χ1n) is 7.70. The quantitative estimate of drug-likeness (QED) is 0.863. The standard InChI is InChI=1S/C15H28N2OS/c1-11-7-9-17(14-6-4-3-5-12(11)14)15(18)13(16)8-10-19-2/h11-14H,3-10,16H2,1-2H3/t11?,12?,13-,14?/m1/s1. The van der Waals surface area contributed by atoms with E-state index < -0.39 is 0 Å². The van der Waals surface area contributed by atoms with E-state index in [2.05, 4.69) is 18.1 Å². The van der Waals surface area contributed by atoms with Gasteiger partial charge in [-0.15, -0.1) is 0 Å². The fourth-order valence-corrected chi connectivity index (χ4v) is 4.26. The van der Waals surface area contributed by atoms with Crippen LogP contribution in [-0.2, 0) is 4.79 Å². The van der Waals surface area contributed by atoms with Crippen LogP contribution in [0.5, 0.6) is 0 Å². The maximum Gasteiger partial charge on any atom is 0.239 e. The Hall–Kier alpha value is -0.220. The predicted octanol–water partition coefficient (Wildman–Crippen LogP) is 2.49. The number of nitrogens with two attached hydrogens (primary N) is 1. The molecule has 0 radical (unpaired) electrons. The molecule has 2 N–H and O–H groups in total. The zero-order valence-corrected chi connectivity index (χ0v) is 13.1. The number of thioether (sulfide) groups is 1. The Morgan fingerprint density at radius 3 is 2.84 bits per heavy atom. The van der Waals surface area contributed by atoms with Gasteiger partial charge in [0.1, 0.15) is 0 Å². The highest BCUT2D eigenvalue weighted by atomic mass is 32.2. The highest BCUT2D eigenvalue weighted by Gasteiger charge is 2.40. The topological polar surface area (TPSA) is 46.3 Å². The van der Waals surface area contributed by atoms with Crippen LogP contribution in [-0.4, -0.2) is 41.4 Å². The van der Waals surface area contributed by atoms with Gasteiger partial charge in [-0.05, 0) is 49.5 Å². The largest absolute Gasteiger partial charge is 0.338 e. The number of hydrogen-bond donors (Lipinski definition) is 1. The van der Waals surface area contributed by atoms with E-state index in [-0.39, 0.29) is 11.9 Å². The van der Waals surface area contributed by atoms with E-state index >= 15 is 0 Å². The van der Waals surface area contributed by atoms with Gasteiger partial charge in [-0.1, -0.05) is 19.8 Å². The summed E-state index contributed by atoms with van der Waals surface area (Å²) in [5.74, 6) is 2.68. The molecule has 2 aliphatic rings. The van der Waals surface area contributed by atoms with Crippen LogP contribution < -0.4 is 5.73 Å². The van der Waals surface area contributed by atoms with Gasteiger partial charge in [-0.3, -0.25) is 4.79 Å². The van der Waals surface area contributed by atoms with Crippen molar-refractivity contribution < 1.29 is 4.79 Å². The van der Waals surface area contributed by atoms with Crippen molar-refractivity contribution in [3.8, 4) is 0 Å². The first kappa shape index (κ1) is 15.2. The number of amides is 1. The van der Waals surface area contributed by atoms with E-state index in [4.69, 9.17) is 5.73 Å². The molecule has 0 aromatic rings. The van der Waals surface area contributed by atoms with Crippen molar-refractivity contribution in [2.75, 3.05) is 18.6 Å². The minimum atomic E-state index is -0.288. The van der Waals surface area contributed by atoms with Crippen molar-refractivity contribution in [3.05, 3.63) is 0 Å². The lowest BCUT2D eigenvalue weighted by molar-refractivity contribution is -0.140. The third-order valence-corrected chi connectivity index (χ3v) is 5.62. The lowest BCUT2D eigenvalue weighted by Gasteiger charge is -2.48. The van der Waals surface area contributed by atoms with Crippen molar-refractivity contribution in [2.45, 2.75) is 57.5 Å². The zero-order chi connectivity index (χ0) is 13.8. The molecule has 0 bridgehead atoms. The van der Waals surface area contributed by atoms with Crippen molar-refractivity contribution in [3.63, 3.8) is 0 Å². The molecule has 1 amide bonds. The van der Waals surface area contributed by atoms with E-state index in [1.807, 2.05) is 0 Å². The summed E-state index contributed by atoms with van der Waals surface area (Å²) < 4.78 is 0. The molecule has 4 atom stereocenters. The Kier molecular flexibility index (Phi) is 5.58. The zero-order valence-electron chi connectivity index (χ0n) is 12.3. The molecule has 2 fully saturated rings. The molecule has 1 heterocycles. The maximum atomic E-state index is 12.6. The third kappa shape index (κ3) is 3.46. The molecule has 2 rings (SSSR count). The summed E-state index contributed by atoms with van der Waals surface area (Å²) in [6, 6.07) is 0.189. The highest BCUT2D eigenvalue weighted by molar-refractivity contribution is 7.98. The molecular formula is C15H28N2OS. The normalized spacial score (nSPS) is 32.8. The van der Waals surface area contributed by atoms with Crippen LogP contribution >= 0.6 is 11.8 Å². The van der Waals surface area contributed by atoms with Gasteiger partial charge in [0.25, 0.3) is 0 Å². The molecule has 4 heteroatoms. The number of nitrogens with zero attached hydrogens (tertiary/aromatic N) is 1. The monoisotopic (exact) mass is 284 g/mol. The number of rotatable bonds is 4. The van der Waals surface area contributed by atoms with Gasteiger partial charge in [0, 0.05) is 12.6 Å². The summed E-state index contributed by atoms with van der Waals surface area (Å²) in [5, 5.41) is 0. The molecule has 1 saturated heterocycles. The molecule has 110 valence electrons. The number of fused-ring (bicyclic) bond motifs is 1. The van der Waals surface area contributed by atoms with E-state index in [1.54, 1.807) is 11.8 Å². The Morgan fingerprint density at radius 1 is 1.37 bits per heavy atom. The minimum absolute atomic E-state index is 0.206. The first-order chi connectivity index (χ1) is 9.15. The van der Waals surface area contributed by atoms with E-state index in [9.17, 15) is 4.79 Å². The molecule has 19 heavy (non-hydrogen) atoms. The average Bonchev–Trinajstić information content (AvgIpc) is 2.45. The molecule has 0 aromatic heterocycles. The molecular weight excluding hydrogens is 256 g/mol. The van der Waals surface area contributed by atoms with Crippen molar-refractivity contribution in [2.24, 2.45) is 17.6 Å². The Balaban J connectivity index is 2.00. The third-order valence-electron chi connectivity index (χ3n) is 4.97. The smallest absolute Gasteiger partial charge is 0.239 e. The van der Waals surface area contributed by atoms with Gasteiger partial charge in [0.05, 0.1) is 6.04 Å². The van der Waals surface area contributed by atoms with Crippen LogP contribution in [0.25, 0.3) is 0 Å². The summed E-state index contributed by atoms with van der Waals surface area (Å²) in [5.41, 5.74) is 6.09. The van der Waals surface area contributed by atoms with Crippen LogP contribution in [0, 0.1) is 11.8 Å². The summed E-state index contributed by atoms with van der Waals surface area (Å²) in [7, 11) is 0. The van der Waals surface area contributed by atoms with Gasteiger partial charge in [0.2, 0.25) is 5.91 Å². The molecule has 0 spiro atoms. The van der Waals surface area contributed by atoms with Crippen molar-refractivity contribution in [1.82, 2.24) is 4.90 Å². The predicted molar refractivity (Wildman–Crippen MR) is 82.2 cm³/mol. The number of carbonyl (C=O) groups excluding carboxylic acids is 1. The van der Waals surface area contributed by atoms with E-state index in [0.29, 0.717) is 6.04 Å². The number of carbonyl (C=O) groups is 1. The van der Waals surface area contributed by atoms with Gasteiger partial charge in [0.15, 0.2) is 0 Å². The fraction of sp³-hybridized carbons (Fsp3) is 0.933. The average molecular weight is 284 g/mol. The van der Waals surface area contributed by atoms with Gasteiger partial charge in [-0.25, -0.2) is 0 Å². The second-order valence-corrected chi connectivity index (χ2v) is 7.19. The lowest BCUT2D eigenvalue weighted by Crippen LogP contribution is -2.56. The number of likely N-dealkylation sites (tertiary alicyclic amines) is 1. The minimum Gasteiger partial charge on any atom is -0.338 e. The van der Waals surface area contributed by atoms with Gasteiger partial charge in [-0.2, -0.15) is 11.8 Å². The van der Waals surface area contributed by atoms with Crippen LogP contribution in [0.1, 0.15) is 45.4 Å². The summed E-state index contributed by atoms with van der Waals surface area (Å²) in [6.07, 6.45) is 9.14. The fourth-order valence-electron chi connectivity index (χ4n) is 3.77. The Labute approximate surface area is 121 Å². The molecule has 3 nitrogen and oxygen atoms in total. The van der Waals surface area contributed by atoms with Gasteiger partial charge >= 0.3 is 0 Å². The molecule has 1 aliphatic carbocycles. The summed E-state index contributed by atoms with van der Waals surface area (Å²) >= 11 is 1.77. The van der Waals surface area contributed by atoms with E-state index in [1.165, 1.54) is 25.7 Å². The van der Waals surface area contributed by atoms with E-state index in [0.717, 1.165) is 37.0 Å². The van der Waals surface area contributed by atoms with Crippen LogP contribution in [0.2, 0.25) is 0 Å². The summed E-state index contributed by atoms with van der Waals surface area (Å²) in [4.78, 5) is 14.7.